The molecule has 0 amide bonds. The summed E-state index contributed by atoms with van der Waals surface area (Å²) in [6.45, 7) is 4.84. The highest BCUT2D eigenvalue weighted by Gasteiger charge is 2.46. The Balaban J connectivity index is 1.25. The molecule has 5 heterocycles. The Morgan fingerprint density at radius 2 is 1.87 bits per heavy atom. The van der Waals surface area contributed by atoms with Gasteiger partial charge in [0.1, 0.15) is 11.6 Å². The molecule has 6 rings (SSSR count). The van der Waals surface area contributed by atoms with Crippen LogP contribution in [-0.4, -0.2) is 65.4 Å². The van der Waals surface area contributed by atoms with E-state index in [-0.39, 0.29) is 5.54 Å². The van der Waals surface area contributed by atoms with Gasteiger partial charge in [0.05, 0.1) is 29.5 Å². The molecule has 0 aromatic carbocycles. The first-order valence-electron chi connectivity index (χ1n) is 11.3. The van der Waals surface area contributed by atoms with Crippen LogP contribution in [0.3, 0.4) is 0 Å². The van der Waals surface area contributed by atoms with Gasteiger partial charge in [0.25, 0.3) is 0 Å². The summed E-state index contributed by atoms with van der Waals surface area (Å²) in [5, 5.41) is 6.66. The Morgan fingerprint density at radius 3 is 2.68 bits per heavy atom. The van der Waals surface area contributed by atoms with Crippen molar-refractivity contribution in [2.24, 2.45) is 9.98 Å². The summed E-state index contributed by atoms with van der Waals surface area (Å²) in [5.41, 5.74) is 2.11. The largest absolute Gasteiger partial charge is 0.368 e. The highest BCUT2D eigenvalue weighted by atomic mass is 15.4. The molecule has 4 aliphatic rings. The van der Waals surface area contributed by atoms with Crippen molar-refractivity contribution in [2.45, 2.75) is 37.6 Å². The van der Waals surface area contributed by atoms with Crippen molar-refractivity contribution in [3.8, 4) is 0 Å². The number of nitrogens with zero attached hydrogens (tertiary/aromatic N) is 7. The molecule has 9 nitrogen and oxygen atoms in total. The number of hydrogen-bond acceptors (Lipinski definition) is 9. The van der Waals surface area contributed by atoms with Gasteiger partial charge in [-0.15, -0.1) is 0 Å². The smallest absolute Gasteiger partial charge is 0.230 e. The number of pyridine rings is 1. The van der Waals surface area contributed by atoms with Crippen molar-refractivity contribution in [3.63, 3.8) is 0 Å². The van der Waals surface area contributed by atoms with Crippen LogP contribution in [0, 0.1) is 0 Å². The summed E-state index contributed by atoms with van der Waals surface area (Å²) in [5.74, 6) is 2.99. The van der Waals surface area contributed by atoms with Gasteiger partial charge >= 0.3 is 0 Å². The lowest BCUT2D eigenvalue weighted by atomic mass is 9.81. The van der Waals surface area contributed by atoms with Crippen LogP contribution >= 0.6 is 0 Å². The van der Waals surface area contributed by atoms with Crippen LogP contribution in [0.1, 0.15) is 37.7 Å². The van der Waals surface area contributed by atoms with E-state index in [0.29, 0.717) is 5.95 Å². The van der Waals surface area contributed by atoms with Crippen LogP contribution in [0.4, 0.5) is 23.3 Å². The molecule has 2 N–H and O–H groups in total. The minimum atomic E-state index is 0.0227. The summed E-state index contributed by atoms with van der Waals surface area (Å²) in [6, 6.07) is 4.10. The normalized spacial score (nSPS) is 21.6. The zero-order valence-electron chi connectivity index (χ0n) is 17.6. The van der Waals surface area contributed by atoms with E-state index >= 15 is 0 Å². The molecule has 1 aliphatic carbocycles. The molecule has 2 aromatic heterocycles. The SMILES string of the molecule is C1=NC2=NCC3(CCCCC3)N2c2nc(Nc3ccc(N4CCNCC4)cn3)ncc21. The van der Waals surface area contributed by atoms with E-state index in [1.165, 1.54) is 19.3 Å². The number of rotatable bonds is 3. The van der Waals surface area contributed by atoms with Gasteiger partial charge in [-0.05, 0) is 25.0 Å². The second-order valence-corrected chi connectivity index (χ2v) is 8.73. The molecule has 1 spiro atoms. The fourth-order valence-electron chi connectivity index (χ4n) is 5.11. The van der Waals surface area contributed by atoms with Crippen LogP contribution in [-0.2, 0) is 0 Å². The van der Waals surface area contributed by atoms with Gasteiger partial charge in [-0.2, -0.15) is 4.98 Å². The lowest BCUT2D eigenvalue weighted by Gasteiger charge is -2.42. The molecule has 160 valence electrons. The maximum atomic E-state index is 4.89. The van der Waals surface area contributed by atoms with E-state index < -0.39 is 0 Å². The van der Waals surface area contributed by atoms with Crippen molar-refractivity contribution in [3.05, 3.63) is 30.1 Å². The average molecular weight is 418 g/mol. The molecule has 9 heteroatoms. The van der Waals surface area contributed by atoms with Crippen LogP contribution in [0.5, 0.6) is 0 Å². The summed E-state index contributed by atoms with van der Waals surface area (Å²) in [7, 11) is 0. The van der Waals surface area contributed by atoms with Gasteiger partial charge in [0.2, 0.25) is 11.9 Å². The zero-order valence-corrected chi connectivity index (χ0v) is 17.6. The number of aliphatic imine (C=N–C) groups is 2. The van der Waals surface area contributed by atoms with Crippen molar-refractivity contribution in [2.75, 3.05) is 47.8 Å². The van der Waals surface area contributed by atoms with E-state index in [1.54, 1.807) is 0 Å². The van der Waals surface area contributed by atoms with Crippen molar-refractivity contribution >= 4 is 35.4 Å². The van der Waals surface area contributed by atoms with Gasteiger partial charge in [0.15, 0.2) is 0 Å². The van der Waals surface area contributed by atoms with Crippen molar-refractivity contribution < 1.29 is 0 Å². The van der Waals surface area contributed by atoms with Crippen molar-refractivity contribution in [1.29, 1.82) is 0 Å². The van der Waals surface area contributed by atoms with Crippen LogP contribution in [0.2, 0.25) is 0 Å². The molecule has 1 saturated heterocycles. The lowest BCUT2D eigenvalue weighted by Crippen LogP contribution is -2.52. The molecule has 0 bridgehead atoms. The molecule has 2 fully saturated rings. The second kappa shape index (κ2) is 7.56. The van der Waals surface area contributed by atoms with Gasteiger partial charge in [0, 0.05) is 38.6 Å². The maximum Gasteiger partial charge on any atom is 0.230 e. The number of fused-ring (bicyclic) bond motifs is 4. The summed E-state index contributed by atoms with van der Waals surface area (Å²) in [4.78, 5) is 27.9. The first-order valence-corrected chi connectivity index (χ1v) is 11.3. The third-order valence-corrected chi connectivity index (χ3v) is 6.77. The maximum absolute atomic E-state index is 4.89. The Labute approximate surface area is 181 Å². The molecule has 0 radical (unpaired) electrons. The fraction of sp³-hybridized carbons (Fsp3) is 0.500. The van der Waals surface area contributed by atoms with Gasteiger partial charge in [-0.3, -0.25) is 4.90 Å². The first-order chi connectivity index (χ1) is 15.3. The standard InChI is InChI=1S/C22H27N9/c1-2-6-22(7-3-1)15-27-21-26-13-16-12-25-20(29-19(16)31(21)22)28-18-5-4-17(14-24-18)30-10-8-23-9-11-30/h4-5,12-14,23H,1-3,6-11,15H2,(H,24,25,28,29). The first kappa shape index (κ1) is 18.7. The quantitative estimate of drug-likeness (QED) is 0.792. The number of anilines is 4. The predicted molar refractivity (Wildman–Crippen MR) is 123 cm³/mol. The molecule has 0 atom stereocenters. The van der Waals surface area contributed by atoms with Crippen LogP contribution in [0.25, 0.3) is 0 Å². The van der Waals surface area contributed by atoms with E-state index in [0.717, 1.165) is 74.4 Å². The number of piperazine rings is 1. The Hall–Kier alpha value is -3.07. The third-order valence-electron chi connectivity index (χ3n) is 6.77. The van der Waals surface area contributed by atoms with E-state index in [2.05, 4.69) is 41.5 Å². The van der Waals surface area contributed by atoms with Crippen LogP contribution < -0.4 is 20.4 Å². The van der Waals surface area contributed by atoms with Crippen LogP contribution in [0.15, 0.2) is 34.5 Å². The Morgan fingerprint density at radius 1 is 1.00 bits per heavy atom. The molecule has 3 aliphatic heterocycles. The second-order valence-electron chi connectivity index (χ2n) is 8.73. The third kappa shape index (κ3) is 3.33. The van der Waals surface area contributed by atoms with E-state index in [1.807, 2.05) is 24.7 Å². The number of aromatic nitrogens is 3. The minimum Gasteiger partial charge on any atom is -0.368 e. The molecule has 2 aromatic rings. The highest BCUT2D eigenvalue weighted by Crippen LogP contribution is 2.42. The number of guanidine groups is 1. The van der Waals surface area contributed by atoms with Gasteiger partial charge in [-0.1, -0.05) is 19.3 Å². The van der Waals surface area contributed by atoms with Gasteiger partial charge < -0.3 is 15.5 Å². The molecular weight excluding hydrogens is 390 g/mol. The lowest BCUT2D eigenvalue weighted by molar-refractivity contribution is 0.316. The van der Waals surface area contributed by atoms with E-state index in [9.17, 15) is 0 Å². The van der Waals surface area contributed by atoms with E-state index in [4.69, 9.17) is 9.98 Å². The molecule has 0 unspecified atom stereocenters. The van der Waals surface area contributed by atoms with Gasteiger partial charge in [-0.25, -0.2) is 20.0 Å². The minimum absolute atomic E-state index is 0.0227. The monoisotopic (exact) mass is 417 g/mol. The fourth-order valence-corrected chi connectivity index (χ4v) is 5.11. The zero-order chi connectivity index (χ0) is 20.7. The Bertz CT molecular complexity index is 1020. The molecule has 31 heavy (non-hydrogen) atoms. The van der Waals surface area contributed by atoms with Crippen molar-refractivity contribution in [1.82, 2.24) is 20.3 Å². The summed E-state index contributed by atoms with van der Waals surface area (Å²) < 4.78 is 0. The predicted octanol–water partition coefficient (Wildman–Crippen LogP) is 2.34. The molecule has 1 saturated carbocycles. The summed E-state index contributed by atoms with van der Waals surface area (Å²) >= 11 is 0. The number of hydrogen-bond donors (Lipinski definition) is 2. The Kier molecular flexibility index (Phi) is 4.56. The molecular formula is C22H27N9. The topological polar surface area (TPSA) is 93.9 Å². The average Bonchev–Trinajstić information content (AvgIpc) is 3.19. The number of nitrogens with one attached hydrogen (secondary N) is 2. The highest BCUT2D eigenvalue weighted by molar-refractivity contribution is 6.11. The summed E-state index contributed by atoms with van der Waals surface area (Å²) in [6.07, 6.45) is 11.6.